The van der Waals surface area contributed by atoms with Gasteiger partial charge in [-0.1, -0.05) is 69.3 Å². The van der Waals surface area contributed by atoms with E-state index in [9.17, 15) is 14.7 Å². The van der Waals surface area contributed by atoms with Crippen LogP contribution in [-0.2, 0) is 22.4 Å². The van der Waals surface area contributed by atoms with E-state index in [0.717, 1.165) is 43.4 Å². The number of benzene rings is 2. The largest absolute Gasteiger partial charge is 0.481 e. The number of pyridine rings is 1. The summed E-state index contributed by atoms with van der Waals surface area (Å²) in [7, 11) is 0. The van der Waals surface area contributed by atoms with Crippen molar-refractivity contribution >= 4 is 29.7 Å². The van der Waals surface area contributed by atoms with Gasteiger partial charge in [-0.05, 0) is 85.9 Å². The highest BCUT2D eigenvalue weighted by Gasteiger charge is 2.37. The molecule has 212 valence electrons. The monoisotopic (exact) mass is 542 g/mol. The van der Waals surface area contributed by atoms with Gasteiger partial charge in [0.15, 0.2) is 0 Å². The second-order valence-electron chi connectivity index (χ2n) is 10.2. The van der Waals surface area contributed by atoms with Crippen molar-refractivity contribution in [3.8, 4) is 5.88 Å². The molecule has 40 heavy (non-hydrogen) atoms. The Kier molecular flexibility index (Phi) is 11.9. The molecule has 0 bridgehead atoms. The van der Waals surface area contributed by atoms with Crippen LogP contribution in [0, 0.1) is 5.41 Å². The molecule has 0 saturated carbocycles. The molecule has 6 nitrogen and oxygen atoms in total. The molecular formula is C34H42N2O4. The summed E-state index contributed by atoms with van der Waals surface area (Å²) in [6, 6.07) is 22.0. The van der Waals surface area contributed by atoms with Gasteiger partial charge in [-0.3, -0.25) is 9.59 Å². The minimum Gasteiger partial charge on any atom is -0.481 e. The van der Waals surface area contributed by atoms with E-state index in [0.29, 0.717) is 31.0 Å². The lowest BCUT2D eigenvalue weighted by Crippen LogP contribution is -2.34. The summed E-state index contributed by atoms with van der Waals surface area (Å²) in [5.41, 5.74) is 4.03. The quantitative estimate of drug-likeness (QED) is 0.180. The number of hydrogen-bond donors (Lipinski definition) is 2. The Labute approximate surface area is 238 Å². The van der Waals surface area contributed by atoms with Crippen molar-refractivity contribution in [2.45, 2.75) is 72.1 Å². The maximum Gasteiger partial charge on any atom is 0.310 e. The fourth-order valence-electron chi connectivity index (χ4n) is 4.62. The molecule has 0 atom stereocenters. The SMILES string of the molecule is CCc1ccc(CCCCCOc2cccc(C=Cc3cccc(NC(=O)CC(CC)(CC)C(=O)O)c3)n2)cc1. The van der Waals surface area contributed by atoms with Gasteiger partial charge in [-0.2, -0.15) is 0 Å². The van der Waals surface area contributed by atoms with Crippen LogP contribution in [0.2, 0.25) is 0 Å². The summed E-state index contributed by atoms with van der Waals surface area (Å²) in [5, 5.41) is 12.5. The minimum atomic E-state index is -1.04. The number of nitrogens with zero attached hydrogens (tertiary/aromatic N) is 1. The number of nitrogens with one attached hydrogen (secondary N) is 1. The molecule has 0 aliphatic rings. The zero-order valence-electron chi connectivity index (χ0n) is 24.0. The van der Waals surface area contributed by atoms with Crippen LogP contribution in [0.3, 0.4) is 0 Å². The Morgan fingerprint density at radius 3 is 2.33 bits per heavy atom. The summed E-state index contributed by atoms with van der Waals surface area (Å²) >= 11 is 0. The first-order valence-electron chi connectivity index (χ1n) is 14.4. The van der Waals surface area contributed by atoms with Crippen molar-refractivity contribution in [2.75, 3.05) is 11.9 Å². The number of carbonyl (C=O) groups is 2. The number of rotatable bonds is 16. The van der Waals surface area contributed by atoms with Gasteiger partial charge in [0.1, 0.15) is 0 Å². The molecule has 2 N–H and O–H groups in total. The average Bonchev–Trinajstić information content (AvgIpc) is 2.97. The molecule has 0 saturated heterocycles. The van der Waals surface area contributed by atoms with Crippen molar-refractivity contribution in [1.82, 2.24) is 4.98 Å². The number of carbonyl (C=O) groups excluding carboxylic acids is 1. The number of ether oxygens (including phenoxy) is 1. The van der Waals surface area contributed by atoms with Crippen molar-refractivity contribution in [3.05, 3.63) is 89.1 Å². The second kappa shape index (κ2) is 15.6. The number of anilines is 1. The standard InChI is InChI=1S/C34H42N2O4/c1-4-26-17-19-27(20-18-26)12-8-7-9-23-40-32-16-11-14-29(36-32)22-21-28-13-10-15-30(24-28)35-31(37)25-34(5-2,6-3)33(38)39/h10-11,13-22,24H,4-9,12,23,25H2,1-3H3,(H,35,37)(H,38,39). The molecule has 0 radical (unpaired) electrons. The van der Waals surface area contributed by atoms with E-state index in [1.807, 2.05) is 48.6 Å². The van der Waals surface area contributed by atoms with Crippen LogP contribution in [0.1, 0.15) is 81.7 Å². The number of carboxylic acid groups (broad SMARTS) is 1. The van der Waals surface area contributed by atoms with Crippen LogP contribution in [0.25, 0.3) is 12.2 Å². The minimum absolute atomic E-state index is 0.0566. The van der Waals surface area contributed by atoms with E-state index in [1.54, 1.807) is 19.9 Å². The van der Waals surface area contributed by atoms with Gasteiger partial charge in [0.25, 0.3) is 0 Å². The van der Waals surface area contributed by atoms with E-state index in [4.69, 9.17) is 4.74 Å². The number of aryl methyl sites for hydroxylation is 2. The summed E-state index contributed by atoms with van der Waals surface area (Å²) in [6.07, 6.45) is 9.97. The average molecular weight is 543 g/mol. The van der Waals surface area contributed by atoms with Gasteiger partial charge in [-0.25, -0.2) is 4.98 Å². The third-order valence-electron chi connectivity index (χ3n) is 7.46. The lowest BCUT2D eigenvalue weighted by atomic mass is 9.79. The van der Waals surface area contributed by atoms with E-state index in [-0.39, 0.29) is 12.3 Å². The lowest BCUT2D eigenvalue weighted by Gasteiger charge is -2.25. The van der Waals surface area contributed by atoms with Crippen LogP contribution >= 0.6 is 0 Å². The third-order valence-corrected chi connectivity index (χ3v) is 7.46. The van der Waals surface area contributed by atoms with Gasteiger partial charge < -0.3 is 15.2 Å². The van der Waals surface area contributed by atoms with Crippen LogP contribution in [0.4, 0.5) is 5.69 Å². The molecular weight excluding hydrogens is 500 g/mol. The van der Waals surface area contributed by atoms with Crippen LogP contribution in [-0.4, -0.2) is 28.6 Å². The summed E-state index contributed by atoms with van der Waals surface area (Å²) in [6.45, 7) is 6.42. The normalized spacial score (nSPS) is 11.5. The predicted molar refractivity (Wildman–Crippen MR) is 162 cm³/mol. The summed E-state index contributed by atoms with van der Waals surface area (Å²) < 4.78 is 5.88. The van der Waals surface area contributed by atoms with E-state index < -0.39 is 11.4 Å². The van der Waals surface area contributed by atoms with E-state index in [2.05, 4.69) is 41.5 Å². The topological polar surface area (TPSA) is 88.5 Å². The molecule has 2 aromatic carbocycles. The summed E-state index contributed by atoms with van der Waals surface area (Å²) in [4.78, 5) is 28.9. The smallest absolute Gasteiger partial charge is 0.310 e. The molecule has 1 amide bonds. The maximum atomic E-state index is 12.6. The lowest BCUT2D eigenvalue weighted by molar-refractivity contribution is -0.151. The van der Waals surface area contributed by atoms with Gasteiger partial charge >= 0.3 is 5.97 Å². The fraction of sp³-hybridized carbons (Fsp3) is 0.382. The Morgan fingerprint density at radius 1 is 0.900 bits per heavy atom. The number of carboxylic acids is 1. The van der Waals surface area contributed by atoms with Gasteiger partial charge in [0.2, 0.25) is 11.8 Å². The highest BCUT2D eigenvalue weighted by molar-refractivity contribution is 5.94. The predicted octanol–water partition coefficient (Wildman–Crippen LogP) is 7.83. The second-order valence-corrected chi connectivity index (χ2v) is 10.2. The molecule has 6 heteroatoms. The molecule has 1 aromatic heterocycles. The van der Waals surface area contributed by atoms with Gasteiger partial charge in [0, 0.05) is 18.2 Å². The first-order valence-corrected chi connectivity index (χ1v) is 14.4. The molecule has 0 aliphatic heterocycles. The van der Waals surface area contributed by atoms with Gasteiger partial charge in [-0.15, -0.1) is 0 Å². The third kappa shape index (κ3) is 9.37. The number of unbranched alkanes of at least 4 members (excludes halogenated alkanes) is 2. The van der Waals surface area contributed by atoms with Crippen LogP contribution in [0.15, 0.2) is 66.7 Å². The Balaban J connectivity index is 1.46. The number of aromatic nitrogens is 1. The molecule has 0 fully saturated rings. The van der Waals surface area contributed by atoms with E-state index >= 15 is 0 Å². The first-order chi connectivity index (χ1) is 19.4. The molecule has 3 rings (SSSR count). The zero-order valence-corrected chi connectivity index (χ0v) is 24.0. The first kappa shape index (κ1) is 30.6. The van der Waals surface area contributed by atoms with Crippen LogP contribution in [0.5, 0.6) is 5.88 Å². The Morgan fingerprint density at radius 2 is 1.62 bits per heavy atom. The van der Waals surface area contributed by atoms with Crippen molar-refractivity contribution in [3.63, 3.8) is 0 Å². The number of hydrogen-bond acceptors (Lipinski definition) is 4. The number of amides is 1. The Bertz CT molecular complexity index is 1260. The zero-order chi connectivity index (χ0) is 28.8. The van der Waals surface area contributed by atoms with E-state index in [1.165, 1.54) is 11.1 Å². The van der Waals surface area contributed by atoms with Crippen molar-refractivity contribution in [1.29, 1.82) is 0 Å². The maximum absolute atomic E-state index is 12.6. The molecule has 3 aromatic rings. The molecule has 0 aliphatic carbocycles. The molecule has 0 spiro atoms. The highest BCUT2D eigenvalue weighted by atomic mass is 16.5. The van der Waals surface area contributed by atoms with Crippen molar-refractivity contribution in [2.24, 2.45) is 5.41 Å². The van der Waals surface area contributed by atoms with Gasteiger partial charge in [0.05, 0.1) is 17.7 Å². The Hall–Kier alpha value is -3.93. The molecule has 1 heterocycles. The summed E-state index contributed by atoms with van der Waals surface area (Å²) in [5.74, 6) is -0.632. The highest BCUT2D eigenvalue weighted by Crippen LogP contribution is 2.31. The van der Waals surface area contributed by atoms with Crippen LogP contribution < -0.4 is 10.1 Å². The fourth-order valence-corrected chi connectivity index (χ4v) is 4.62. The molecule has 0 unspecified atom stereocenters. The number of aliphatic carboxylic acids is 1. The van der Waals surface area contributed by atoms with Crippen molar-refractivity contribution < 1.29 is 19.4 Å².